The summed E-state index contributed by atoms with van der Waals surface area (Å²) in [5, 5.41) is 12.9. The van der Waals surface area contributed by atoms with Crippen molar-refractivity contribution in [1.82, 2.24) is 14.5 Å². The van der Waals surface area contributed by atoms with Crippen LogP contribution >= 0.6 is 0 Å². The van der Waals surface area contributed by atoms with Crippen LogP contribution in [0.3, 0.4) is 0 Å². The molecule has 1 N–H and O–H groups in total. The molecule has 7 heteroatoms. The van der Waals surface area contributed by atoms with Crippen LogP contribution in [0.1, 0.15) is 42.0 Å². The van der Waals surface area contributed by atoms with Gasteiger partial charge in [0.15, 0.2) is 0 Å². The molecule has 0 saturated carbocycles. The van der Waals surface area contributed by atoms with Crippen LogP contribution < -0.4 is 5.32 Å². The summed E-state index contributed by atoms with van der Waals surface area (Å²) < 4.78 is 8.04. The molecule has 1 fully saturated rings. The second-order valence-corrected chi connectivity index (χ2v) is 10.6. The lowest BCUT2D eigenvalue weighted by molar-refractivity contribution is 0.221. The maximum Gasteiger partial charge on any atom is 0.216 e. The van der Waals surface area contributed by atoms with E-state index in [0.717, 1.165) is 79.4 Å². The van der Waals surface area contributed by atoms with Crippen LogP contribution in [0.5, 0.6) is 0 Å². The fraction of sp³-hybridized carbons (Fsp3) is 0.344. The molecule has 0 spiro atoms. The van der Waals surface area contributed by atoms with Crippen molar-refractivity contribution >= 4 is 22.9 Å². The Morgan fingerprint density at radius 3 is 2.44 bits per heavy atom. The first-order valence-electron chi connectivity index (χ1n) is 13.9. The topological polar surface area (TPSA) is 78.5 Å². The third-order valence-electron chi connectivity index (χ3n) is 7.72. The summed E-state index contributed by atoms with van der Waals surface area (Å²) in [6.07, 6.45) is 3.41. The molecule has 2 aliphatic rings. The summed E-state index contributed by atoms with van der Waals surface area (Å²) in [5.74, 6) is 1.69. The Bertz CT molecular complexity index is 1490. The lowest BCUT2D eigenvalue weighted by atomic mass is 10.0. The molecule has 2 aliphatic heterocycles. The zero-order chi connectivity index (χ0) is 26.6. The fourth-order valence-electron chi connectivity index (χ4n) is 5.43. The molecule has 0 unspecified atom stereocenters. The Hall–Kier alpha value is -4.15. The van der Waals surface area contributed by atoms with E-state index < -0.39 is 0 Å². The van der Waals surface area contributed by atoms with Gasteiger partial charge in [0, 0.05) is 31.2 Å². The second-order valence-electron chi connectivity index (χ2n) is 10.6. The summed E-state index contributed by atoms with van der Waals surface area (Å²) in [6.45, 7) is 6.74. The molecular weight excluding hydrogens is 484 g/mol. The number of anilines is 1. The number of hydrogen-bond acceptors (Lipinski definition) is 6. The zero-order valence-electron chi connectivity index (χ0n) is 22.4. The van der Waals surface area contributed by atoms with Gasteiger partial charge in [0.1, 0.15) is 6.10 Å². The maximum atomic E-state index is 9.13. The van der Waals surface area contributed by atoms with Crippen molar-refractivity contribution in [3.05, 3.63) is 95.1 Å². The van der Waals surface area contributed by atoms with E-state index in [0.29, 0.717) is 18.2 Å². The number of nitriles is 1. The average Bonchev–Trinajstić information content (AvgIpc) is 3.56. The summed E-state index contributed by atoms with van der Waals surface area (Å²) in [5.41, 5.74) is 6.37. The van der Waals surface area contributed by atoms with Gasteiger partial charge in [-0.15, -0.1) is 0 Å². The molecule has 0 bridgehead atoms. The van der Waals surface area contributed by atoms with Gasteiger partial charge < -0.3 is 19.5 Å². The second kappa shape index (κ2) is 11.3. The molecule has 0 radical (unpaired) electrons. The SMILES string of the molecule is C[C@@H]1CN=C(c2ccc(CCN3CCC(Nc4nc5ccccc5n4Cc4ccc(C#N)cc4)CC3)cc2)O1. The zero-order valence-corrected chi connectivity index (χ0v) is 22.4. The van der Waals surface area contributed by atoms with Gasteiger partial charge in [0.2, 0.25) is 11.8 Å². The van der Waals surface area contributed by atoms with E-state index in [1.54, 1.807) is 0 Å². The first-order chi connectivity index (χ1) is 19.1. The number of ether oxygens (including phenoxy) is 1. The van der Waals surface area contributed by atoms with E-state index in [1.807, 2.05) is 30.3 Å². The normalized spacial score (nSPS) is 18.1. The molecule has 1 saturated heterocycles. The Labute approximate surface area is 229 Å². The number of fused-ring (bicyclic) bond motifs is 1. The van der Waals surface area contributed by atoms with E-state index >= 15 is 0 Å². The van der Waals surface area contributed by atoms with Gasteiger partial charge in [-0.2, -0.15) is 5.26 Å². The van der Waals surface area contributed by atoms with Gasteiger partial charge in [-0.1, -0.05) is 36.4 Å². The number of aromatic nitrogens is 2. The van der Waals surface area contributed by atoms with Crippen LogP contribution in [0, 0.1) is 11.3 Å². The molecule has 1 atom stereocenters. The minimum atomic E-state index is 0.179. The summed E-state index contributed by atoms with van der Waals surface area (Å²) >= 11 is 0. The quantitative estimate of drug-likeness (QED) is 0.345. The fourth-order valence-corrected chi connectivity index (χ4v) is 5.43. The molecule has 3 aromatic carbocycles. The molecular formula is C32H34N6O. The van der Waals surface area contributed by atoms with Crippen molar-refractivity contribution in [2.45, 2.75) is 44.9 Å². The van der Waals surface area contributed by atoms with E-state index in [2.05, 4.69) is 75.2 Å². The van der Waals surface area contributed by atoms with Crippen LogP contribution in [-0.4, -0.2) is 58.7 Å². The molecule has 0 amide bonds. The highest BCUT2D eigenvalue weighted by atomic mass is 16.5. The number of nitrogens with one attached hydrogen (secondary N) is 1. The smallest absolute Gasteiger partial charge is 0.216 e. The summed E-state index contributed by atoms with van der Waals surface area (Å²) in [4.78, 5) is 12.0. The molecule has 6 rings (SSSR count). The van der Waals surface area contributed by atoms with Crippen LogP contribution in [0.25, 0.3) is 11.0 Å². The number of aliphatic imine (C=N–C) groups is 1. The first kappa shape index (κ1) is 25.1. The van der Waals surface area contributed by atoms with Crippen molar-refractivity contribution in [3.8, 4) is 6.07 Å². The van der Waals surface area contributed by atoms with E-state index in [-0.39, 0.29) is 6.10 Å². The minimum Gasteiger partial charge on any atom is -0.472 e. The number of piperidine rings is 1. The van der Waals surface area contributed by atoms with Crippen LogP contribution in [0.15, 0.2) is 77.8 Å². The lowest BCUT2D eigenvalue weighted by Crippen LogP contribution is -2.40. The van der Waals surface area contributed by atoms with E-state index in [4.69, 9.17) is 15.0 Å². The molecule has 198 valence electrons. The highest BCUT2D eigenvalue weighted by molar-refractivity contribution is 5.95. The van der Waals surface area contributed by atoms with Gasteiger partial charge in [0.25, 0.3) is 0 Å². The van der Waals surface area contributed by atoms with Gasteiger partial charge in [-0.05, 0) is 73.7 Å². The number of likely N-dealkylation sites (tertiary alicyclic amines) is 1. The number of hydrogen-bond donors (Lipinski definition) is 1. The van der Waals surface area contributed by atoms with Gasteiger partial charge >= 0.3 is 0 Å². The van der Waals surface area contributed by atoms with Crippen LogP contribution in [0.2, 0.25) is 0 Å². The van der Waals surface area contributed by atoms with Gasteiger partial charge in [-0.25, -0.2) is 9.98 Å². The number of nitrogens with zero attached hydrogens (tertiary/aromatic N) is 5. The van der Waals surface area contributed by atoms with Crippen LogP contribution in [0.4, 0.5) is 5.95 Å². The van der Waals surface area contributed by atoms with E-state index in [1.165, 1.54) is 5.56 Å². The van der Waals surface area contributed by atoms with Crippen molar-refractivity contribution in [3.63, 3.8) is 0 Å². The van der Waals surface area contributed by atoms with Crippen molar-refractivity contribution < 1.29 is 4.74 Å². The Morgan fingerprint density at radius 1 is 0.974 bits per heavy atom. The standard InChI is InChI=1S/C32H34N6O/c1-23-21-34-31(39-23)27-12-10-24(11-13-27)14-17-37-18-15-28(16-19-37)35-32-36-29-4-2-3-5-30(29)38(32)22-26-8-6-25(20-33)7-9-26/h2-13,23,28H,14-19,21-22H2,1H3,(H,35,36)/t23-/m1/s1. The van der Waals surface area contributed by atoms with Crippen molar-refractivity contribution in [2.24, 2.45) is 4.99 Å². The summed E-state index contributed by atoms with van der Waals surface area (Å²) in [6, 6.07) is 27.4. The third kappa shape index (κ3) is 5.81. The molecule has 3 heterocycles. The Balaban J connectivity index is 1.05. The lowest BCUT2D eigenvalue weighted by Gasteiger charge is -2.32. The van der Waals surface area contributed by atoms with Crippen molar-refractivity contribution in [2.75, 3.05) is 31.5 Å². The van der Waals surface area contributed by atoms with Gasteiger partial charge in [-0.3, -0.25) is 0 Å². The molecule has 39 heavy (non-hydrogen) atoms. The predicted octanol–water partition coefficient (Wildman–Crippen LogP) is 5.24. The minimum absolute atomic E-state index is 0.179. The predicted molar refractivity (Wildman–Crippen MR) is 155 cm³/mol. The largest absolute Gasteiger partial charge is 0.472 e. The average molecular weight is 519 g/mol. The highest BCUT2D eigenvalue weighted by Gasteiger charge is 2.22. The number of para-hydroxylation sites is 2. The third-order valence-corrected chi connectivity index (χ3v) is 7.72. The van der Waals surface area contributed by atoms with E-state index in [9.17, 15) is 0 Å². The Morgan fingerprint density at radius 2 is 1.72 bits per heavy atom. The van der Waals surface area contributed by atoms with Crippen LogP contribution in [-0.2, 0) is 17.7 Å². The van der Waals surface area contributed by atoms with Gasteiger partial charge in [0.05, 0.1) is 35.8 Å². The highest BCUT2D eigenvalue weighted by Crippen LogP contribution is 2.24. The number of benzene rings is 3. The molecule has 0 aliphatic carbocycles. The first-order valence-corrected chi connectivity index (χ1v) is 13.9. The summed E-state index contributed by atoms with van der Waals surface area (Å²) in [7, 11) is 0. The number of imidazole rings is 1. The Kier molecular flexibility index (Phi) is 7.29. The molecule has 7 nitrogen and oxygen atoms in total. The van der Waals surface area contributed by atoms with Crippen molar-refractivity contribution in [1.29, 1.82) is 5.26 Å². The molecule has 1 aromatic heterocycles. The molecule has 4 aromatic rings. The maximum absolute atomic E-state index is 9.13. The number of rotatable bonds is 8. The monoisotopic (exact) mass is 518 g/mol.